The lowest BCUT2D eigenvalue weighted by molar-refractivity contribution is -0.386. The summed E-state index contributed by atoms with van der Waals surface area (Å²) >= 11 is 5.78. The van der Waals surface area contributed by atoms with E-state index in [0.717, 1.165) is 10.8 Å². The first-order valence-corrected chi connectivity index (χ1v) is 8.23. The molecule has 1 N–H and O–H groups in total. The molecule has 0 aromatic heterocycles. The summed E-state index contributed by atoms with van der Waals surface area (Å²) in [5, 5.41) is 16.0. The topological polar surface area (TPSA) is 81.5 Å². The standard InChI is InChI=1S/C19H15ClN2O4/c1-12(26-18-10-9-14(20)11-17(18)22(24)25)19(23)21-16-8-4-6-13-5-2-3-7-15(13)16/h2-12H,1H3,(H,21,23)/t12-/m1/s1. The average molecular weight is 371 g/mol. The number of carbonyl (C=O) groups is 1. The van der Waals surface area contributed by atoms with Gasteiger partial charge in [0.25, 0.3) is 5.91 Å². The fourth-order valence-corrected chi connectivity index (χ4v) is 2.71. The van der Waals surface area contributed by atoms with Crippen molar-refractivity contribution in [2.75, 3.05) is 5.32 Å². The van der Waals surface area contributed by atoms with Crippen molar-refractivity contribution >= 4 is 39.7 Å². The summed E-state index contributed by atoms with van der Waals surface area (Å²) in [4.78, 5) is 23.0. The molecular formula is C19H15ClN2O4. The Hall–Kier alpha value is -3.12. The molecule has 1 amide bonds. The minimum Gasteiger partial charge on any atom is -0.474 e. The van der Waals surface area contributed by atoms with Gasteiger partial charge in [-0.15, -0.1) is 0 Å². The Morgan fingerprint density at radius 1 is 1.15 bits per heavy atom. The monoisotopic (exact) mass is 370 g/mol. The summed E-state index contributed by atoms with van der Waals surface area (Å²) in [5.74, 6) is -0.425. The van der Waals surface area contributed by atoms with Crippen molar-refractivity contribution in [1.29, 1.82) is 0 Å². The van der Waals surface area contributed by atoms with E-state index in [9.17, 15) is 14.9 Å². The van der Waals surface area contributed by atoms with E-state index in [4.69, 9.17) is 16.3 Å². The first kappa shape index (κ1) is 17.7. The normalized spacial score (nSPS) is 11.8. The van der Waals surface area contributed by atoms with Crippen molar-refractivity contribution < 1.29 is 14.5 Å². The van der Waals surface area contributed by atoms with E-state index in [2.05, 4.69) is 5.32 Å². The molecule has 132 valence electrons. The maximum atomic E-state index is 12.5. The highest BCUT2D eigenvalue weighted by atomic mass is 35.5. The molecule has 0 aliphatic heterocycles. The molecule has 3 rings (SSSR count). The lowest BCUT2D eigenvalue weighted by atomic mass is 10.1. The largest absolute Gasteiger partial charge is 0.474 e. The summed E-state index contributed by atoms with van der Waals surface area (Å²) in [5.41, 5.74) is 0.358. The van der Waals surface area contributed by atoms with Crippen LogP contribution in [0.5, 0.6) is 5.75 Å². The van der Waals surface area contributed by atoms with Crippen molar-refractivity contribution in [3.05, 3.63) is 75.8 Å². The van der Waals surface area contributed by atoms with Gasteiger partial charge in [0.2, 0.25) is 0 Å². The number of amides is 1. The van der Waals surface area contributed by atoms with Gasteiger partial charge in [0, 0.05) is 22.2 Å². The van der Waals surface area contributed by atoms with Crippen LogP contribution in [0, 0.1) is 10.1 Å². The lowest BCUT2D eigenvalue weighted by Gasteiger charge is -2.16. The number of carbonyl (C=O) groups excluding carboxylic acids is 1. The number of hydrogen-bond acceptors (Lipinski definition) is 4. The highest BCUT2D eigenvalue weighted by Gasteiger charge is 2.22. The van der Waals surface area contributed by atoms with Crippen molar-refractivity contribution in [3.63, 3.8) is 0 Å². The molecule has 0 aliphatic rings. The van der Waals surface area contributed by atoms with Gasteiger partial charge in [-0.05, 0) is 30.5 Å². The molecule has 0 fully saturated rings. The number of benzene rings is 3. The Kier molecular flexibility index (Phi) is 5.04. The van der Waals surface area contributed by atoms with E-state index < -0.39 is 16.9 Å². The van der Waals surface area contributed by atoms with Gasteiger partial charge in [0.15, 0.2) is 11.9 Å². The third kappa shape index (κ3) is 3.75. The summed E-state index contributed by atoms with van der Waals surface area (Å²) in [7, 11) is 0. The number of nitro groups is 1. The molecule has 0 unspecified atom stereocenters. The van der Waals surface area contributed by atoms with Crippen molar-refractivity contribution in [2.24, 2.45) is 0 Å². The number of halogens is 1. The van der Waals surface area contributed by atoms with Gasteiger partial charge in [0.1, 0.15) is 0 Å². The maximum absolute atomic E-state index is 12.5. The van der Waals surface area contributed by atoms with Crippen LogP contribution in [0.15, 0.2) is 60.7 Å². The molecule has 6 nitrogen and oxygen atoms in total. The molecule has 0 aliphatic carbocycles. The maximum Gasteiger partial charge on any atom is 0.312 e. The minimum absolute atomic E-state index is 0.0139. The van der Waals surface area contributed by atoms with Gasteiger partial charge >= 0.3 is 5.69 Å². The van der Waals surface area contributed by atoms with E-state index in [-0.39, 0.29) is 16.5 Å². The zero-order valence-electron chi connectivity index (χ0n) is 13.8. The van der Waals surface area contributed by atoms with Gasteiger partial charge in [0.05, 0.1) is 4.92 Å². The molecule has 0 radical (unpaired) electrons. The number of ether oxygens (including phenoxy) is 1. The van der Waals surface area contributed by atoms with Crippen LogP contribution < -0.4 is 10.1 Å². The molecule has 3 aromatic rings. The van der Waals surface area contributed by atoms with E-state index in [1.807, 2.05) is 36.4 Å². The van der Waals surface area contributed by atoms with E-state index >= 15 is 0 Å². The van der Waals surface area contributed by atoms with Crippen LogP contribution in [0.4, 0.5) is 11.4 Å². The van der Waals surface area contributed by atoms with Crippen LogP contribution in [-0.2, 0) is 4.79 Å². The quantitative estimate of drug-likeness (QED) is 0.516. The number of nitrogens with zero attached hydrogens (tertiary/aromatic N) is 1. The predicted octanol–water partition coefficient (Wildman–Crippen LogP) is 4.81. The predicted molar refractivity (Wildman–Crippen MR) is 101 cm³/mol. The zero-order valence-corrected chi connectivity index (χ0v) is 14.6. The fourth-order valence-electron chi connectivity index (χ4n) is 2.55. The van der Waals surface area contributed by atoms with E-state index in [1.165, 1.54) is 25.1 Å². The van der Waals surface area contributed by atoms with E-state index in [0.29, 0.717) is 5.69 Å². The number of nitrogens with one attached hydrogen (secondary N) is 1. The van der Waals surface area contributed by atoms with Crippen LogP contribution in [0.1, 0.15) is 6.92 Å². The molecular weight excluding hydrogens is 356 g/mol. The summed E-state index contributed by atoms with van der Waals surface area (Å²) in [6.07, 6.45) is -0.936. The Morgan fingerprint density at radius 2 is 1.88 bits per heavy atom. The molecule has 0 saturated heterocycles. The first-order chi connectivity index (χ1) is 12.5. The molecule has 1 atom stereocenters. The van der Waals surface area contributed by atoms with E-state index in [1.54, 1.807) is 6.07 Å². The van der Waals surface area contributed by atoms with Crippen LogP contribution in [0.25, 0.3) is 10.8 Å². The second-order valence-electron chi connectivity index (χ2n) is 5.65. The minimum atomic E-state index is -0.936. The number of nitro benzene ring substituents is 1. The number of rotatable bonds is 5. The third-order valence-corrected chi connectivity index (χ3v) is 4.07. The molecule has 0 bridgehead atoms. The van der Waals surface area contributed by atoms with Gasteiger partial charge in [-0.25, -0.2) is 0 Å². The van der Waals surface area contributed by atoms with Crippen molar-refractivity contribution in [3.8, 4) is 5.75 Å². The molecule has 0 saturated carbocycles. The van der Waals surface area contributed by atoms with Crippen molar-refractivity contribution in [1.82, 2.24) is 0 Å². The Labute approximate surface area is 154 Å². The van der Waals surface area contributed by atoms with Crippen molar-refractivity contribution in [2.45, 2.75) is 13.0 Å². The fraction of sp³-hybridized carbons (Fsp3) is 0.105. The Morgan fingerprint density at radius 3 is 2.65 bits per heavy atom. The first-order valence-electron chi connectivity index (χ1n) is 7.85. The number of fused-ring (bicyclic) bond motifs is 1. The third-order valence-electron chi connectivity index (χ3n) is 3.84. The molecule has 26 heavy (non-hydrogen) atoms. The number of hydrogen-bond donors (Lipinski definition) is 1. The molecule has 3 aromatic carbocycles. The zero-order chi connectivity index (χ0) is 18.7. The van der Waals surface area contributed by atoms with Gasteiger partial charge in [-0.1, -0.05) is 48.0 Å². The second-order valence-corrected chi connectivity index (χ2v) is 6.08. The van der Waals surface area contributed by atoms with Gasteiger partial charge < -0.3 is 10.1 Å². The summed E-state index contributed by atoms with van der Waals surface area (Å²) in [6, 6.07) is 17.3. The summed E-state index contributed by atoms with van der Waals surface area (Å²) < 4.78 is 5.50. The Balaban J connectivity index is 1.79. The van der Waals surface area contributed by atoms with Crippen LogP contribution in [-0.4, -0.2) is 16.9 Å². The second kappa shape index (κ2) is 7.41. The van der Waals surface area contributed by atoms with Crippen LogP contribution in [0.3, 0.4) is 0 Å². The highest BCUT2D eigenvalue weighted by Crippen LogP contribution is 2.31. The van der Waals surface area contributed by atoms with Crippen LogP contribution in [0.2, 0.25) is 5.02 Å². The smallest absolute Gasteiger partial charge is 0.312 e. The molecule has 0 heterocycles. The van der Waals surface area contributed by atoms with Crippen LogP contribution >= 0.6 is 11.6 Å². The average Bonchev–Trinajstić information content (AvgIpc) is 2.63. The highest BCUT2D eigenvalue weighted by molar-refractivity contribution is 6.30. The SMILES string of the molecule is C[C@@H](Oc1ccc(Cl)cc1[N+](=O)[O-])C(=O)Nc1cccc2ccccc12. The summed E-state index contributed by atoms with van der Waals surface area (Å²) in [6.45, 7) is 1.53. The number of anilines is 1. The van der Waals surface area contributed by atoms with Gasteiger partial charge in [-0.2, -0.15) is 0 Å². The Bertz CT molecular complexity index is 985. The lowest BCUT2D eigenvalue weighted by Crippen LogP contribution is -2.30. The molecule has 7 heteroatoms. The van der Waals surface area contributed by atoms with Gasteiger partial charge in [-0.3, -0.25) is 14.9 Å². The molecule has 0 spiro atoms.